The number of ether oxygens (including phenoxy) is 1. The van der Waals surface area contributed by atoms with Gasteiger partial charge in [-0.05, 0) is 44.0 Å². The molecule has 0 aromatic heterocycles. The Balaban J connectivity index is 1.88. The van der Waals surface area contributed by atoms with E-state index < -0.39 is 12.1 Å². The zero-order chi connectivity index (χ0) is 15.4. The molecule has 1 aromatic carbocycles. The van der Waals surface area contributed by atoms with Crippen molar-refractivity contribution in [2.45, 2.75) is 25.9 Å². The Hall–Kier alpha value is -2.11. The Labute approximate surface area is 122 Å². The summed E-state index contributed by atoms with van der Waals surface area (Å²) in [6.45, 7) is 2.48. The monoisotopic (exact) mass is 295 g/mol. The van der Waals surface area contributed by atoms with Crippen LogP contribution in [0.1, 0.15) is 19.8 Å². The van der Waals surface area contributed by atoms with Crippen molar-refractivity contribution in [1.82, 2.24) is 4.90 Å². The average molecular weight is 295 g/mol. The molecule has 21 heavy (non-hydrogen) atoms. The van der Waals surface area contributed by atoms with E-state index in [4.69, 9.17) is 9.84 Å². The summed E-state index contributed by atoms with van der Waals surface area (Å²) >= 11 is 0. The molecular formula is C15H18FNO4. The van der Waals surface area contributed by atoms with E-state index in [-0.39, 0.29) is 17.6 Å². The predicted octanol–water partition coefficient (Wildman–Crippen LogP) is 1.92. The Morgan fingerprint density at radius 2 is 1.86 bits per heavy atom. The van der Waals surface area contributed by atoms with E-state index in [1.54, 1.807) is 11.8 Å². The van der Waals surface area contributed by atoms with E-state index in [2.05, 4.69) is 0 Å². The lowest BCUT2D eigenvalue weighted by atomic mass is 9.97. The van der Waals surface area contributed by atoms with Gasteiger partial charge in [0.2, 0.25) is 0 Å². The van der Waals surface area contributed by atoms with Gasteiger partial charge in [-0.3, -0.25) is 9.59 Å². The second-order valence-corrected chi connectivity index (χ2v) is 5.15. The van der Waals surface area contributed by atoms with Crippen molar-refractivity contribution in [1.29, 1.82) is 0 Å². The second kappa shape index (κ2) is 6.56. The van der Waals surface area contributed by atoms with Crippen LogP contribution in [0.3, 0.4) is 0 Å². The van der Waals surface area contributed by atoms with Gasteiger partial charge in [-0.15, -0.1) is 0 Å². The molecule has 0 bridgehead atoms. The van der Waals surface area contributed by atoms with Crippen molar-refractivity contribution >= 4 is 11.9 Å². The van der Waals surface area contributed by atoms with Crippen LogP contribution in [0.4, 0.5) is 4.39 Å². The number of nitrogens with zero attached hydrogens (tertiary/aromatic N) is 1. The smallest absolute Gasteiger partial charge is 0.306 e. The number of rotatable bonds is 4. The molecule has 1 aliphatic heterocycles. The minimum Gasteiger partial charge on any atom is -0.481 e. The number of carboxylic acid groups (broad SMARTS) is 1. The number of amides is 1. The van der Waals surface area contributed by atoms with E-state index in [1.165, 1.54) is 24.3 Å². The molecule has 1 heterocycles. The number of carboxylic acids is 1. The maximum absolute atomic E-state index is 12.8. The Morgan fingerprint density at radius 1 is 1.29 bits per heavy atom. The lowest BCUT2D eigenvalue weighted by Gasteiger charge is -2.32. The number of likely N-dealkylation sites (tertiary alicyclic amines) is 1. The molecular weight excluding hydrogens is 277 g/mol. The molecule has 1 aromatic rings. The molecule has 0 radical (unpaired) electrons. The first kappa shape index (κ1) is 15.3. The number of halogens is 1. The standard InChI is InChI=1S/C15H18FNO4/c1-10(21-13-4-2-12(16)3-5-13)14(18)17-8-6-11(7-9-17)15(19)20/h2-5,10-11H,6-9H2,1H3,(H,19,20). The highest BCUT2D eigenvalue weighted by Crippen LogP contribution is 2.19. The molecule has 114 valence electrons. The highest BCUT2D eigenvalue weighted by molar-refractivity contribution is 5.81. The number of benzene rings is 1. The number of carbonyl (C=O) groups is 2. The van der Waals surface area contributed by atoms with Crippen LogP contribution in [-0.4, -0.2) is 41.1 Å². The van der Waals surface area contributed by atoms with E-state index in [9.17, 15) is 14.0 Å². The van der Waals surface area contributed by atoms with Crippen molar-refractivity contribution < 1.29 is 23.8 Å². The molecule has 6 heteroatoms. The van der Waals surface area contributed by atoms with E-state index in [1.807, 2.05) is 0 Å². The minimum absolute atomic E-state index is 0.178. The first-order valence-electron chi connectivity index (χ1n) is 6.91. The largest absolute Gasteiger partial charge is 0.481 e. The number of hydrogen-bond acceptors (Lipinski definition) is 3. The van der Waals surface area contributed by atoms with Crippen LogP contribution in [0.2, 0.25) is 0 Å². The van der Waals surface area contributed by atoms with E-state index >= 15 is 0 Å². The fourth-order valence-corrected chi connectivity index (χ4v) is 2.37. The molecule has 0 saturated carbocycles. The van der Waals surface area contributed by atoms with Crippen molar-refractivity contribution in [3.8, 4) is 5.75 Å². The number of piperidine rings is 1. The zero-order valence-corrected chi connectivity index (χ0v) is 11.8. The highest BCUT2D eigenvalue weighted by Gasteiger charge is 2.29. The summed E-state index contributed by atoms with van der Waals surface area (Å²) in [6.07, 6.45) is 0.242. The summed E-state index contributed by atoms with van der Waals surface area (Å²) in [7, 11) is 0. The average Bonchev–Trinajstić information content (AvgIpc) is 2.49. The molecule has 5 nitrogen and oxygen atoms in total. The molecule has 1 aliphatic rings. The number of aliphatic carboxylic acids is 1. The van der Waals surface area contributed by atoms with Gasteiger partial charge in [-0.1, -0.05) is 0 Å². The van der Waals surface area contributed by atoms with Gasteiger partial charge in [0.25, 0.3) is 5.91 Å². The van der Waals surface area contributed by atoms with Gasteiger partial charge in [0.05, 0.1) is 5.92 Å². The van der Waals surface area contributed by atoms with Crippen LogP contribution in [0.15, 0.2) is 24.3 Å². The third kappa shape index (κ3) is 3.93. The lowest BCUT2D eigenvalue weighted by molar-refractivity contribution is -0.147. The highest BCUT2D eigenvalue weighted by atomic mass is 19.1. The Bertz CT molecular complexity index is 509. The third-order valence-electron chi connectivity index (χ3n) is 3.63. The van der Waals surface area contributed by atoms with Gasteiger partial charge in [0.15, 0.2) is 6.10 Å². The van der Waals surface area contributed by atoms with E-state index in [0.29, 0.717) is 31.7 Å². The molecule has 1 unspecified atom stereocenters. The summed E-state index contributed by atoms with van der Waals surface area (Å²) < 4.78 is 18.3. The SMILES string of the molecule is CC(Oc1ccc(F)cc1)C(=O)N1CCC(C(=O)O)CC1. The van der Waals surface area contributed by atoms with Crippen LogP contribution in [0, 0.1) is 11.7 Å². The van der Waals surface area contributed by atoms with Gasteiger partial charge >= 0.3 is 5.97 Å². The van der Waals surface area contributed by atoms with Gasteiger partial charge < -0.3 is 14.7 Å². The molecule has 1 amide bonds. The summed E-state index contributed by atoms with van der Waals surface area (Å²) in [4.78, 5) is 24.7. The number of hydrogen-bond donors (Lipinski definition) is 1. The topological polar surface area (TPSA) is 66.8 Å². The molecule has 0 spiro atoms. The second-order valence-electron chi connectivity index (χ2n) is 5.15. The molecule has 1 atom stereocenters. The van der Waals surface area contributed by atoms with Crippen molar-refractivity contribution in [3.63, 3.8) is 0 Å². The fourth-order valence-electron chi connectivity index (χ4n) is 2.37. The van der Waals surface area contributed by atoms with Crippen LogP contribution >= 0.6 is 0 Å². The van der Waals surface area contributed by atoms with Gasteiger partial charge in [0.1, 0.15) is 11.6 Å². The van der Waals surface area contributed by atoms with Crippen LogP contribution in [-0.2, 0) is 9.59 Å². The quantitative estimate of drug-likeness (QED) is 0.921. The summed E-state index contributed by atoms with van der Waals surface area (Å²) in [6, 6.07) is 5.47. The zero-order valence-electron chi connectivity index (χ0n) is 11.8. The molecule has 1 fully saturated rings. The maximum atomic E-state index is 12.8. The normalized spacial score (nSPS) is 17.3. The first-order chi connectivity index (χ1) is 9.97. The molecule has 1 saturated heterocycles. The summed E-state index contributed by atoms with van der Waals surface area (Å²) in [5, 5.41) is 8.93. The molecule has 0 aliphatic carbocycles. The van der Waals surface area contributed by atoms with Crippen molar-refractivity contribution in [2.24, 2.45) is 5.92 Å². The Kier molecular flexibility index (Phi) is 4.77. The van der Waals surface area contributed by atoms with Gasteiger partial charge in [-0.25, -0.2) is 4.39 Å². The fraction of sp³-hybridized carbons (Fsp3) is 0.467. The van der Waals surface area contributed by atoms with Gasteiger partial charge in [0, 0.05) is 13.1 Å². The predicted molar refractivity (Wildman–Crippen MR) is 73.4 cm³/mol. The molecule has 1 N–H and O–H groups in total. The first-order valence-corrected chi connectivity index (χ1v) is 6.91. The van der Waals surface area contributed by atoms with Crippen molar-refractivity contribution in [2.75, 3.05) is 13.1 Å². The van der Waals surface area contributed by atoms with Crippen LogP contribution < -0.4 is 4.74 Å². The summed E-state index contributed by atoms with van der Waals surface area (Å²) in [5.74, 6) is -1.29. The Morgan fingerprint density at radius 3 is 2.38 bits per heavy atom. The van der Waals surface area contributed by atoms with Crippen LogP contribution in [0.25, 0.3) is 0 Å². The summed E-state index contributed by atoms with van der Waals surface area (Å²) in [5.41, 5.74) is 0. The maximum Gasteiger partial charge on any atom is 0.306 e. The third-order valence-corrected chi connectivity index (χ3v) is 3.63. The molecule has 2 rings (SSSR count). The van der Waals surface area contributed by atoms with E-state index in [0.717, 1.165) is 0 Å². The minimum atomic E-state index is -0.808. The van der Waals surface area contributed by atoms with Gasteiger partial charge in [-0.2, -0.15) is 0 Å². The van der Waals surface area contributed by atoms with Crippen LogP contribution in [0.5, 0.6) is 5.75 Å². The van der Waals surface area contributed by atoms with Crippen molar-refractivity contribution in [3.05, 3.63) is 30.1 Å². The number of carbonyl (C=O) groups excluding carboxylic acids is 1. The lowest BCUT2D eigenvalue weighted by Crippen LogP contribution is -2.45.